The lowest BCUT2D eigenvalue weighted by Gasteiger charge is -2.22. The largest absolute Gasteiger partial charge is 0.486 e. The number of benzene rings is 1. The normalized spacial score (nSPS) is 11.5. The smallest absolute Gasteiger partial charge is 0.406 e. The van der Waals surface area contributed by atoms with Gasteiger partial charge in [0.15, 0.2) is 5.82 Å². The molecule has 166 valence electrons. The number of amides is 1. The minimum Gasteiger partial charge on any atom is -0.486 e. The highest BCUT2D eigenvalue weighted by Crippen LogP contribution is 2.21. The number of ether oxygens (including phenoxy) is 1. The molecule has 3 rings (SSSR count). The minimum absolute atomic E-state index is 0.0810. The summed E-state index contributed by atoms with van der Waals surface area (Å²) in [5, 5.41) is 7.78. The summed E-state index contributed by atoms with van der Waals surface area (Å²) in [5.41, 5.74) is 0. The Morgan fingerprint density at radius 1 is 1.23 bits per heavy atom. The van der Waals surface area contributed by atoms with Crippen molar-refractivity contribution < 1.29 is 31.5 Å². The van der Waals surface area contributed by atoms with E-state index in [-0.39, 0.29) is 35.6 Å². The molecule has 0 aliphatic heterocycles. The third kappa shape index (κ3) is 6.64. The number of rotatable bonds is 9. The van der Waals surface area contributed by atoms with Gasteiger partial charge in [0.05, 0.1) is 18.6 Å². The van der Waals surface area contributed by atoms with Gasteiger partial charge in [-0.05, 0) is 36.4 Å². The molecule has 1 amide bonds. The molecule has 0 aliphatic rings. The third-order valence-electron chi connectivity index (χ3n) is 3.89. The molecule has 0 radical (unpaired) electrons. The summed E-state index contributed by atoms with van der Waals surface area (Å²) in [6.45, 7) is -1.82. The van der Waals surface area contributed by atoms with Gasteiger partial charge in [0.25, 0.3) is 0 Å². The molecule has 2 heterocycles. The molecule has 8 nitrogen and oxygen atoms in total. The van der Waals surface area contributed by atoms with Crippen molar-refractivity contribution in [1.82, 2.24) is 19.8 Å². The summed E-state index contributed by atoms with van der Waals surface area (Å²) in [5.74, 6) is 5.17. The van der Waals surface area contributed by atoms with Gasteiger partial charge in [0.2, 0.25) is 11.1 Å². The van der Waals surface area contributed by atoms with E-state index in [2.05, 4.69) is 10.2 Å². The molecule has 3 aromatic rings. The number of furan rings is 1. The van der Waals surface area contributed by atoms with Crippen molar-refractivity contribution >= 4 is 17.7 Å². The fraction of sp³-hybridized carbons (Fsp3) is 0.278. The number of thioether (sulfide) groups is 1. The number of nitrogens with zero attached hydrogens (tertiary/aromatic N) is 4. The average molecular weight is 459 g/mol. The molecule has 0 saturated carbocycles. The van der Waals surface area contributed by atoms with Gasteiger partial charge in [0.1, 0.15) is 30.5 Å². The van der Waals surface area contributed by atoms with Crippen LogP contribution in [-0.2, 0) is 17.9 Å². The van der Waals surface area contributed by atoms with Crippen LogP contribution in [-0.4, -0.2) is 44.2 Å². The molecule has 0 bridgehead atoms. The minimum atomic E-state index is -4.56. The number of aromatic nitrogens is 3. The Balaban J connectivity index is 1.58. The SMILES string of the molecule is Nn1c(COc2ccc(F)cc2)nnc1SCC(=O)N(Cc1ccco1)CC(F)(F)F. The zero-order chi connectivity index (χ0) is 22.4. The maximum absolute atomic E-state index is 12.9. The van der Waals surface area contributed by atoms with Crippen LogP contribution in [0.5, 0.6) is 5.75 Å². The molecule has 0 atom stereocenters. The Bertz CT molecular complexity index is 993. The number of halogens is 4. The lowest BCUT2D eigenvalue weighted by atomic mass is 10.3. The van der Waals surface area contributed by atoms with Crippen molar-refractivity contribution in [3.63, 3.8) is 0 Å². The fourth-order valence-corrected chi connectivity index (χ4v) is 3.22. The molecule has 1 aromatic carbocycles. The molecule has 31 heavy (non-hydrogen) atoms. The van der Waals surface area contributed by atoms with Gasteiger partial charge in [-0.2, -0.15) is 13.2 Å². The molecule has 0 saturated heterocycles. The van der Waals surface area contributed by atoms with Crippen LogP contribution in [0.2, 0.25) is 0 Å². The fourth-order valence-electron chi connectivity index (χ4n) is 2.44. The van der Waals surface area contributed by atoms with Crippen LogP contribution in [0.4, 0.5) is 17.6 Å². The first kappa shape index (κ1) is 22.5. The lowest BCUT2D eigenvalue weighted by Crippen LogP contribution is -2.39. The summed E-state index contributed by atoms with van der Waals surface area (Å²) in [7, 11) is 0. The molecule has 0 aliphatic carbocycles. The highest BCUT2D eigenvalue weighted by atomic mass is 32.2. The van der Waals surface area contributed by atoms with E-state index in [0.29, 0.717) is 10.6 Å². The van der Waals surface area contributed by atoms with Crippen molar-refractivity contribution in [2.24, 2.45) is 0 Å². The number of carbonyl (C=O) groups excluding carboxylic acids is 1. The van der Waals surface area contributed by atoms with Crippen LogP contribution < -0.4 is 10.6 Å². The molecule has 2 N–H and O–H groups in total. The first-order valence-corrected chi connectivity index (χ1v) is 9.77. The second-order valence-corrected chi connectivity index (χ2v) is 7.19. The number of nitrogen functional groups attached to an aromatic ring is 1. The van der Waals surface area contributed by atoms with Gasteiger partial charge in [0, 0.05) is 0 Å². The Morgan fingerprint density at radius 3 is 2.61 bits per heavy atom. The monoisotopic (exact) mass is 459 g/mol. The summed E-state index contributed by atoms with van der Waals surface area (Å²) < 4.78 is 63.0. The quantitative estimate of drug-likeness (QED) is 0.298. The number of hydrogen-bond donors (Lipinski definition) is 1. The average Bonchev–Trinajstić information content (AvgIpc) is 3.34. The maximum Gasteiger partial charge on any atom is 0.406 e. The van der Waals surface area contributed by atoms with E-state index in [1.165, 1.54) is 42.7 Å². The standard InChI is InChI=1S/C18H17F4N5O3S/c19-12-3-5-13(6-4-12)30-9-15-24-25-17(27(15)23)31-10-16(28)26(11-18(20,21)22)8-14-2-1-7-29-14/h1-7H,8-11,23H2. The predicted octanol–water partition coefficient (Wildman–Crippen LogP) is 2.99. The third-order valence-corrected chi connectivity index (χ3v) is 4.82. The van der Waals surface area contributed by atoms with Gasteiger partial charge in [-0.1, -0.05) is 11.8 Å². The number of carbonyl (C=O) groups is 1. The van der Waals surface area contributed by atoms with Crippen molar-refractivity contribution in [3.05, 3.63) is 60.1 Å². The Hall–Kier alpha value is -3.22. The maximum atomic E-state index is 12.9. The molecule has 0 spiro atoms. The topological polar surface area (TPSA) is 99.4 Å². The van der Waals surface area contributed by atoms with Crippen molar-refractivity contribution in [2.45, 2.75) is 24.5 Å². The second-order valence-electron chi connectivity index (χ2n) is 6.24. The van der Waals surface area contributed by atoms with Crippen molar-refractivity contribution in [3.8, 4) is 5.75 Å². The molecular formula is C18H17F4N5O3S. The highest BCUT2D eigenvalue weighted by molar-refractivity contribution is 7.99. The van der Waals surface area contributed by atoms with E-state index >= 15 is 0 Å². The molecule has 13 heteroatoms. The van der Waals surface area contributed by atoms with Gasteiger partial charge >= 0.3 is 6.18 Å². The Morgan fingerprint density at radius 2 is 1.97 bits per heavy atom. The second kappa shape index (κ2) is 9.73. The molecule has 2 aromatic heterocycles. The van der Waals surface area contributed by atoms with Gasteiger partial charge in [-0.3, -0.25) is 4.79 Å². The summed E-state index contributed by atoms with van der Waals surface area (Å²) in [4.78, 5) is 13.0. The van der Waals surface area contributed by atoms with Crippen LogP contribution >= 0.6 is 11.8 Å². The first-order valence-electron chi connectivity index (χ1n) is 8.79. The van der Waals surface area contributed by atoms with Crippen LogP contribution in [0.25, 0.3) is 0 Å². The van der Waals surface area contributed by atoms with E-state index in [0.717, 1.165) is 16.4 Å². The highest BCUT2D eigenvalue weighted by Gasteiger charge is 2.33. The Kier molecular flexibility index (Phi) is 7.05. The van der Waals surface area contributed by atoms with Gasteiger partial charge in [-0.15, -0.1) is 10.2 Å². The Labute approximate surface area is 177 Å². The molecule has 0 unspecified atom stereocenters. The van der Waals surface area contributed by atoms with E-state index in [4.69, 9.17) is 15.0 Å². The van der Waals surface area contributed by atoms with Crippen molar-refractivity contribution in [1.29, 1.82) is 0 Å². The van der Waals surface area contributed by atoms with Gasteiger partial charge in [-0.25, -0.2) is 9.07 Å². The summed E-state index contributed by atoms with van der Waals surface area (Å²) in [6, 6.07) is 8.31. The van der Waals surface area contributed by atoms with Crippen LogP contribution in [0.1, 0.15) is 11.6 Å². The number of nitrogens with two attached hydrogens (primary N) is 1. The lowest BCUT2D eigenvalue weighted by molar-refractivity contribution is -0.161. The molecular weight excluding hydrogens is 442 g/mol. The van der Waals surface area contributed by atoms with E-state index in [9.17, 15) is 22.4 Å². The van der Waals surface area contributed by atoms with Gasteiger partial charge < -0.3 is 19.9 Å². The van der Waals surface area contributed by atoms with E-state index in [1.54, 1.807) is 0 Å². The zero-order valence-electron chi connectivity index (χ0n) is 15.9. The van der Waals surface area contributed by atoms with E-state index in [1.807, 2.05) is 0 Å². The van der Waals surface area contributed by atoms with Crippen LogP contribution in [0.3, 0.4) is 0 Å². The van der Waals surface area contributed by atoms with Crippen LogP contribution in [0, 0.1) is 5.82 Å². The van der Waals surface area contributed by atoms with Crippen molar-refractivity contribution in [2.75, 3.05) is 18.1 Å². The number of alkyl halides is 3. The summed E-state index contributed by atoms with van der Waals surface area (Å²) >= 11 is 0.837. The molecule has 0 fully saturated rings. The zero-order valence-corrected chi connectivity index (χ0v) is 16.7. The number of hydrogen-bond acceptors (Lipinski definition) is 7. The summed E-state index contributed by atoms with van der Waals surface area (Å²) in [6.07, 6.45) is -3.25. The van der Waals surface area contributed by atoms with E-state index < -0.39 is 24.4 Å². The predicted molar refractivity (Wildman–Crippen MR) is 102 cm³/mol. The van der Waals surface area contributed by atoms with Crippen LogP contribution in [0.15, 0.2) is 52.2 Å². The first-order chi connectivity index (χ1) is 14.7.